The van der Waals surface area contributed by atoms with Crippen molar-refractivity contribution in [3.05, 3.63) is 23.8 Å². The molecule has 1 aromatic carbocycles. The second-order valence-corrected chi connectivity index (χ2v) is 5.78. The number of nitrogens with one attached hydrogen (secondary N) is 1. The van der Waals surface area contributed by atoms with Gasteiger partial charge in [-0.3, -0.25) is 0 Å². The molecule has 0 radical (unpaired) electrons. The summed E-state index contributed by atoms with van der Waals surface area (Å²) < 4.78 is 37.0. The Morgan fingerprint density at radius 3 is 2.70 bits per heavy atom. The minimum Gasteiger partial charge on any atom is -0.497 e. The maximum Gasteiger partial charge on any atom is 0.240 e. The predicted octanol–water partition coefficient (Wildman–Crippen LogP) is 0.545. The third kappa shape index (κ3) is 4.75. The van der Waals surface area contributed by atoms with Crippen molar-refractivity contribution < 1.29 is 23.0 Å². The monoisotopic (exact) mass is 303 g/mol. The lowest BCUT2D eigenvalue weighted by Crippen LogP contribution is -2.28. The van der Waals surface area contributed by atoms with E-state index in [2.05, 4.69) is 4.72 Å². The first kappa shape index (κ1) is 16.9. The van der Waals surface area contributed by atoms with E-state index in [4.69, 9.17) is 14.6 Å². The van der Waals surface area contributed by atoms with Crippen LogP contribution in [0.25, 0.3) is 0 Å². The fourth-order valence-electron chi connectivity index (χ4n) is 1.73. The van der Waals surface area contributed by atoms with Crippen LogP contribution in [0.3, 0.4) is 0 Å². The highest BCUT2D eigenvalue weighted by atomic mass is 32.2. The molecule has 1 aromatic rings. The molecule has 0 atom stereocenters. The molecule has 0 unspecified atom stereocenters. The van der Waals surface area contributed by atoms with E-state index >= 15 is 0 Å². The number of hydrogen-bond acceptors (Lipinski definition) is 5. The lowest BCUT2D eigenvalue weighted by molar-refractivity contribution is 0.153. The summed E-state index contributed by atoms with van der Waals surface area (Å²) in [6, 6.07) is 4.68. The van der Waals surface area contributed by atoms with Gasteiger partial charge in [-0.1, -0.05) is 0 Å². The number of aliphatic hydroxyl groups is 1. The first-order chi connectivity index (χ1) is 9.55. The zero-order valence-electron chi connectivity index (χ0n) is 11.8. The highest BCUT2D eigenvalue weighted by molar-refractivity contribution is 7.89. The largest absolute Gasteiger partial charge is 0.497 e. The summed E-state index contributed by atoms with van der Waals surface area (Å²) in [5.41, 5.74) is 0.524. The summed E-state index contributed by atoms with van der Waals surface area (Å²) in [5, 5.41) is 9.04. The highest BCUT2D eigenvalue weighted by Crippen LogP contribution is 2.22. The minimum absolute atomic E-state index is 0.130. The van der Waals surface area contributed by atoms with Crippen LogP contribution in [-0.2, 0) is 21.2 Å². The standard InChI is InChI=1S/C13H21NO5S/c1-3-19-9-7-14-20(16,17)13-5-4-12(18-2)10-11(13)6-8-15/h4-5,10,14-15H,3,6-9H2,1-2H3. The molecule has 1 rings (SSSR count). The SMILES string of the molecule is CCOCCNS(=O)(=O)c1ccc(OC)cc1CCO. The summed E-state index contributed by atoms with van der Waals surface area (Å²) >= 11 is 0. The normalized spacial score (nSPS) is 11.6. The van der Waals surface area contributed by atoms with E-state index < -0.39 is 10.0 Å². The molecular weight excluding hydrogens is 282 g/mol. The summed E-state index contributed by atoms with van der Waals surface area (Å²) in [7, 11) is -2.11. The fourth-order valence-corrected chi connectivity index (χ4v) is 2.99. The van der Waals surface area contributed by atoms with Crippen LogP contribution in [-0.4, -0.2) is 47.0 Å². The molecule has 6 nitrogen and oxygen atoms in total. The molecule has 7 heteroatoms. The van der Waals surface area contributed by atoms with Crippen molar-refractivity contribution in [3.8, 4) is 5.75 Å². The maximum absolute atomic E-state index is 12.2. The molecule has 20 heavy (non-hydrogen) atoms. The molecule has 0 aliphatic rings. The molecular formula is C13H21NO5S. The van der Waals surface area contributed by atoms with E-state index in [0.29, 0.717) is 24.5 Å². The highest BCUT2D eigenvalue weighted by Gasteiger charge is 2.18. The lowest BCUT2D eigenvalue weighted by Gasteiger charge is -2.12. The summed E-state index contributed by atoms with van der Waals surface area (Å²) in [6.45, 7) is 2.79. The first-order valence-electron chi connectivity index (χ1n) is 6.40. The van der Waals surface area contributed by atoms with Crippen LogP contribution in [0.5, 0.6) is 5.75 Å². The van der Waals surface area contributed by atoms with Crippen LogP contribution in [0.15, 0.2) is 23.1 Å². The Balaban J connectivity index is 2.92. The lowest BCUT2D eigenvalue weighted by atomic mass is 10.1. The molecule has 0 aliphatic carbocycles. The molecule has 0 amide bonds. The van der Waals surface area contributed by atoms with Crippen LogP contribution < -0.4 is 9.46 Å². The van der Waals surface area contributed by atoms with E-state index in [1.165, 1.54) is 13.2 Å². The number of sulfonamides is 1. The third-order valence-corrected chi connectivity index (χ3v) is 4.24. The molecule has 0 saturated heterocycles. The second-order valence-electron chi connectivity index (χ2n) is 4.04. The van der Waals surface area contributed by atoms with Gasteiger partial charge in [0.1, 0.15) is 5.75 Å². The fraction of sp³-hybridized carbons (Fsp3) is 0.538. The van der Waals surface area contributed by atoms with E-state index in [1.54, 1.807) is 12.1 Å². The van der Waals surface area contributed by atoms with Crippen LogP contribution in [0.1, 0.15) is 12.5 Å². The van der Waals surface area contributed by atoms with Gasteiger partial charge in [0.15, 0.2) is 0 Å². The Labute approximate surface area is 119 Å². The smallest absolute Gasteiger partial charge is 0.240 e. The summed E-state index contributed by atoms with van der Waals surface area (Å²) in [5.74, 6) is 0.557. The third-order valence-electron chi connectivity index (χ3n) is 2.68. The Hall–Kier alpha value is -1.15. The molecule has 0 bridgehead atoms. The van der Waals surface area contributed by atoms with Gasteiger partial charge in [-0.2, -0.15) is 0 Å². The zero-order valence-corrected chi connectivity index (χ0v) is 12.6. The average Bonchev–Trinajstić information content (AvgIpc) is 2.43. The maximum atomic E-state index is 12.2. The Morgan fingerprint density at radius 1 is 1.35 bits per heavy atom. The molecule has 0 aliphatic heterocycles. The molecule has 0 fully saturated rings. The Kier molecular flexibility index (Phi) is 6.94. The number of rotatable bonds is 9. The van der Waals surface area contributed by atoms with E-state index in [1.807, 2.05) is 6.92 Å². The Bertz CT molecular complexity index is 515. The topological polar surface area (TPSA) is 84.9 Å². The van der Waals surface area contributed by atoms with Gasteiger partial charge in [-0.05, 0) is 37.1 Å². The number of methoxy groups -OCH3 is 1. The van der Waals surface area contributed by atoms with Gasteiger partial charge < -0.3 is 14.6 Å². The molecule has 2 N–H and O–H groups in total. The van der Waals surface area contributed by atoms with Crippen LogP contribution >= 0.6 is 0 Å². The van der Waals surface area contributed by atoms with Gasteiger partial charge in [0.2, 0.25) is 10.0 Å². The zero-order chi connectivity index (χ0) is 15.0. The average molecular weight is 303 g/mol. The van der Waals surface area contributed by atoms with Gasteiger partial charge >= 0.3 is 0 Å². The summed E-state index contributed by atoms with van der Waals surface area (Å²) in [6.07, 6.45) is 0.249. The van der Waals surface area contributed by atoms with Crippen LogP contribution in [0.2, 0.25) is 0 Å². The predicted molar refractivity (Wildman–Crippen MR) is 75.5 cm³/mol. The van der Waals surface area contributed by atoms with Gasteiger partial charge in [-0.15, -0.1) is 0 Å². The van der Waals surface area contributed by atoms with Crippen molar-refractivity contribution in [1.29, 1.82) is 0 Å². The number of ether oxygens (including phenoxy) is 2. The van der Waals surface area contributed by atoms with Crippen molar-refractivity contribution in [3.63, 3.8) is 0 Å². The number of hydrogen-bond donors (Lipinski definition) is 2. The molecule has 0 spiro atoms. The molecule has 0 saturated carbocycles. The Morgan fingerprint density at radius 2 is 2.10 bits per heavy atom. The van der Waals surface area contributed by atoms with Crippen molar-refractivity contribution in [2.24, 2.45) is 0 Å². The van der Waals surface area contributed by atoms with Crippen LogP contribution in [0.4, 0.5) is 0 Å². The number of aliphatic hydroxyl groups excluding tert-OH is 1. The van der Waals surface area contributed by atoms with E-state index in [-0.39, 0.29) is 24.5 Å². The first-order valence-corrected chi connectivity index (χ1v) is 7.88. The van der Waals surface area contributed by atoms with Crippen molar-refractivity contribution in [1.82, 2.24) is 4.72 Å². The van der Waals surface area contributed by atoms with Gasteiger partial charge in [0.25, 0.3) is 0 Å². The van der Waals surface area contributed by atoms with Gasteiger partial charge in [-0.25, -0.2) is 13.1 Å². The van der Waals surface area contributed by atoms with E-state index in [0.717, 1.165) is 0 Å². The minimum atomic E-state index is -3.62. The molecule has 114 valence electrons. The van der Waals surface area contributed by atoms with Crippen molar-refractivity contribution in [2.45, 2.75) is 18.2 Å². The van der Waals surface area contributed by atoms with E-state index in [9.17, 15) is 8.42 Å². The second kappa shape index (κ2) is 8.21. The van der Waals surface area contributed by atoms with Gasteiger partial charge in [0, 0.05) is 19.8 Å². The molecule has 0 heterocycles. The summed E-state index contributed by atoms with van der Waals surface area (Å²) in [4.78, 5) is 0.156. The van der Waals surface area contributed by atoms with Gasteiger partial charge in [0.05, 0.1) is 18.6 Å². The quantitative estimate of drug-likeness (QED) is 0.651. The number of benzene rings is 1. The molecule has 0 aromatic heterocycles. The van der Waals surface area contributed by atoms with Crippen molar-refractivity contribution in [2.75, 3.05) is 33.5 Å². The van der Waals surface area contributed by atoms with Crippen LogP contribution in [0, 0.1) is 0 Å². The van der Waals surface area contributed by atoms with Crippen molar-refractivity contribution >= 4 is 10.0 Å².